The molecule has 0 unspecified atom stereocenters. The summed E-state index contributed by atoms with van der Waals surface area (Å²) < 4.78 is 0. The van der Waals surface area contributed by atoms with E-state index in [1.807, 2.05) is 18.7 Å². The topological polar surface area (TPSA) is 63.5 Å². The van der Waals surface area contributed by atoms with Crippen molar-refractivity contribution in [1.29, 1.82) is 5.41 Å². The fourth-order valence-electron chi connectivity index (χ4n) is 3.37. The Morgan fingerprint density at radius 3 is 2.82 bits per heavy atom. The molecule has 0 aromatic carbocycles. The molecule has 5 nitrogen and oxygen atoms in total. The summed E-state index contributed by atoms with van der Waals surface area (Å²) in [6, 6.07) is 0.497. The molecule has 1 saturated heterocycles. The lowest BCUT2D eigenvalue weighted by Gasteiger charge is -2.28. The quantitative estimate of drug-likeness (QED) is 0.895. The second-order valence-corrected chi connectivity index (χ2v) is 7.34. The number of aryl methyl sites for hydroxylation is 2. The Balaban J connectivity index is 1.75. The van der Waals surface area contributed by atoms with Gasteiger partial charge in [-0.2, -0.15) is 0 Å². The van der Waals surface area contributed by atoms with Gasteiger partial charge in [-0.25, -0.2) is 4.98 Å². The van der Waals surface area contributed by atoms with Crippen molar-refractivity contribution in [3.8, 4) is 0 Å². The number of likely N-dealkylation sites (N-methyl/N-ethyl adjacent to an activating group) is 1. The van der Waals surface area contributed by atoms with E-state index in [-0.39, 0.29) is 0 Å². The average molecular weight is 320 g/mol. The first-order valence-corrected chi connectivity index (χ1v) is 8.77. The zero-order valence-corrected chi connectivity index (χ0v) is 14.3. The minimum Gasteiger partial charge on any atom is -0.510 e. The third-order valence-electron chi connectivity index (χ3n) is 4.76. The predicted octanol–water partition coefficient (Wildman–Crippen LogP) is 2.81. The number of aliphatic hydroxyl groups excluding tert-OH is 1. The number of thiazole rings is 1. The van der Waals surface area contributed by atoms with Gasteiger partial charge in [0.05, 0.1) is 17.8 Å². The summed E-state index contributed by atoms with van der Waals surface area (Å²) >= 11 is 1.56. The van der Waals surface area contributed by atoms with Crippen LogP contribution in [0.25, 0.3) is 5.57 Å². The normalized spacial score (nSPS) is 23.1. The fourth-order valence-corrected chi connectivity index (χ4v) is 4.35. The van der Waals surface area contributed by atoms with Crippen molar-refractivity contribution in [3.63, 3.8) is 0 Å². The Bertz CT molecular complexity index is 602. The third-order valence-corrected chi connectivity index (χ3v) is 5.85. The maximum atomic E-state index is 10.3. The summed E-state index contributed by atoms with van der Waals surface area (Å²) in [6.07, 6.45) is 2.42. The van der Waals surface area contributed by atoms with E-state index in [0.29, 0.717) is 29.8 Å². The zero-order valence-electron chi connectivity index (χ0n) is 13.5. The van der Waals surface area contributed by atoms with Gasteiger partial charge in [-0.3, -0.25) is 10.3 Å². The van der Waals surface area contributed by atoms with Crippen LogP contribution >= 0.6 is 11.3 Å². The van der Waals surface area contributed by atoms with Crippen LogP contribution < -0.4 is 0 Å². The van der Waals surface area contributed by atoms with Gasteiger partial charge in [0.15, 0.2) is 0 Å². The molecular weight excluding hydrogens is 296 g/mol. The second kappa shape index (κ2) is 6.01. The standard InChI is InChI=1S/C16H24N4OS/c1-4-19-7-5-6-12(19)8-20-9-13(21)14(15(20)17)16-18-10(2)11(3)22-16/h12,17,21H,4-9H2,1-3H3/t12-/m0/s1. The smallest absolute Gasteiger partial charge is 0.135 e. The van der Waals surface area contributed by atoms with E-state index >= 15 is 0 Å². The van der Waals surface area contributed by atoms with Crippen molar-refractivity contribution >= 4 is 22.7 Å². The Hall–Kier alpha value is -1.40. The molecule has 0 aliphatic carbocycles. The predicted molar refractivity (Wildman–Crippen MR) is 90.7 cm³/mol. The van der Waals surface area contributed by atoms with Gasteiger partial charge in [-0.1, -0.05) is 6.92 Å². The number of likely N-dealkylation sites (tertiary alicyclic amines) is 1. The Kier molecular flexibility index (Phi) is 4.23. The highest BCUT2D eigenvalue weighted by molar-refractivity contribution is 7.13. The molecular formula is C16H24N4OS. The molecule has 6 heteroatoms. The molecule has 3 rings (SSSR count). The van der Waals surface area contributed by atoms with Gasteiger partial charge < -0.3 is 10.0 Å². The van der Waals surface area contributed by atoms with Crippen molar-refractivity contribution in [2.24, 2.45) is 0 Å². The average Bonchev–Trinajstić information content (AvgIpc) is 3.12. The molecule has 1 aromatic rings. The number of nitrogens with one attached hydrogen (secondary N) is 1. The van der Waals surface area contributed by atoms with Crippen molar-refractivity contribution < 1.29 is 5.11 Å². The summed E-state index contributed by atoms with van der Waals surface area (Å²) in [7, 11) is 0. The lowest BCUT2D eigenvalue weighted by Crippen LogP contribution is -2.41. The van der Waals surface area contributed by atoms with Gasteiger partial charge in [0, 0.05) is 17.5 Å². The SMILES string of the molecule is CCN1CCC[C@H]1CN1CC(O)=C(c2nc(C)c(C)s2)C1=N. The maximum Gasteiger partial charge on any atom is 0.135 e. The maximum absolute atomic E-state index is 10.3. The highest BCUT2D eigenvalue weighted by Gasteiger charge is 2.34. The Morgan fingerprint density at radius 2 is 2.18 bits per heavy atom. The van der Waals surface area contributed by atoms with Gasteiger partial charge in [-0.15, -0.1) is 11.3 Å². The molecule has 3 heterocycles. The van der Waals surface area contributed by atoms with E-state index in [0.717, 1.165) is 35.2 Å². The molecule has 1 aromatic heterocycles. The van der Waals surface area contributed by atoms with E-state index in [1.165, 1.54) is 12.8 Å². The number of amidine groups is 1. The van der Waals surface area contributed by atoms with Crippen LogP contribution in [0, 0.1) is 19.3 Å². The van der Waals surface area contributed by atoms with Gasteiger partial charge in [0.2, 0.25) is 0 Å². The number of aliphatic hydroxyl groups is 1. The van der Waals surface area contributed by atoms with Crippen LogP contribution in [0.5, 0.6) is 0 Å². The molecule has 0 bridgehead atoms. The van der Waals surface area contributed by atoms with Gasteiger partial charge in [0.25, 0.3) is 0 Å². The van der Waals surface area contributed by atoms with Crippen LogP contribution in [0.2, 0.25) is 0 Å². The molecule has 22 heavy (non-hydrogen) atoms. The van der Waals surface area contributed by atoms with Gasteiger partial charge in [0.1, 0.15) is 16.6 Å². The van der Waals surface area contributed by atoms with Crippen molar-refractivity contribution in [3.05, 3.63) is 21.3 Å². The van der Waals surface area contributed by atoms with Crippen molar-refractivity contribution in [2.75, 3.05) is 26.2 Å². The Morgan fingerprint density at radius 1 is 1.41 bits per heavy atom. The molecule has 1 fully saturated rings. The monoisotopic (exact) mass is 320 g/mol. The molecule has 0 amide bonds. The number of nitrogens with zero attached hydrogens (tertiary/aromatic N) is 3. The lowest BCUT2D eigenvalue weighted by atomic mass is 10.2. The molecule has 2 aliphatic heterocycles. The lowest BCUT2D eigenvalue weighted by molar-refractivity contribution is 0.222. The summed E-state index contributed by atoms with van der Waals surface area (Å²) in [5.41, 5.74) is 1.61. The molecule has 1 atom stereocenters. The summed E-state index contributed by atoms with van der Waals surface area (Å²) in [4.78, 5) is 10.1. The molecule has 0 radical (unpaired) electrons. The highest BCUT2D eigenvalue weighted by Crippen LogP contribution is 2.32. The number of rotatable bonds is 4. The number of hydrogen-bond acceptors (Lipinski definition) is 5. The summed E-state index contributed by atoms with van der Waals surface area (Å²) in [5, 5.41) is 19.6. The van der Waals surface area contributed by atoms with Crippen LogP contribution in [0.1, 0.15) is 35.3 Å². The van der Waals surface area contributed by atoms with Gasteiger partial charge >= 0.3 is 0 Å². The largest absolute Gasteiger partial charge is 0.510 e. The molecule has 0 saturated carbocycles. The van der Waals surface area contributed by atoms with E-state index < -0.39 is 0 Å². The zero-order chi connectivity index (χ0) is 15.9. The first kappa shape index (κ1) is 15.5. The fraction of sp³-hybridized carbons (Fsp3) is 0.625. The number of aromatic nitrogens is 1. The van der Waals surface area contributed by atoms with Crippen LogP contribution in [-0.2, 0) is 0 Å². The van der Waals surface area contributed by atoms with E-state index in [2.05, 4.69) is 16.8 Å². The van der Waals surface area contributed by atoms with Crippen LogP contribution in [0.15, 0.2) is 5.76 Å². The molecule has 120 valence electrons. The molecule has 2 aliphatic rings. The first-order valence-electron chi connectivity index (χ1n) is 7.95. The van der Waals surface area contributed by atoms with Crippen molar-refractivity contribution in [2.45, 2.75) is 39.7 Å². The Labute approximate surface area is 135 Å². The van der Waals surface area contributed by atoms with Gasteiger partial charge in [-0.05, 0) is 39.8 Å². The summed E-state index contributed by atoms with van der Waals surface area (Å²) in [6.45, 7) is 9.67. The van der Waals surface area contributed by atoms with E-state index in [4.69, 9.17) is 5.41 Å². The van der Waals surface area contributed by atoms with Crippen LogP contribution in [-0.4, -0.2) is 57.9 Å². The van der Waals surface area contributed by atoms with E-state index in [1.54, 1.807) is 11.3 Å². The molecule has 2 N–H and O–H groups in total. The summed E-state index contributed by atoms with van der Waals surface area (Å²) in [5.74, 6) is 0.717. The molecule has 0 spiro atoms. The van der Waals surface area contributed by atoms with Crippen molar-refractivity contribution in [1.82, 2.24) is 14.8 Å². The first-order chi connectivity index (χ1) is 10.5. The van der Waals surface area contributed by atoms with Crippen LogP contribution in [0.4, 0.5) is 0 Å². The van der Waals surface area contributed by atoms with E-state index in [9.17, 15) is 5.11 Å². The highest BCUT2D eigenvalue weighted by atomic mass is 32.1. The minimum absolute atomic E-state index is 0.291. The third kappa shape index (κ3) is 2.65. The number of hydrogen-bond donors (Lipinski definition) is 2. The minimum atomic E-state index is 0.291. The van der Waals surface area contributed by atoms with Crippen LogP contribution in [0.3, 0.4) is 0 Å². The second-order valence-electron chi connectivity index (χ2n) is 6.14.